The predicted molar refractivity (Wildman–Crippen MR) is 119 cm³/mol. The molecule has 9 heteroatoms. The number of piperazine rings is 1. The molecule has 1 aromatic rings. The van der Waals surface area contributed by atoms with Gasteiger partial charge >= 0.3 is 0 Å². The van der Waals surface area contributed by atoms with Gasteiger partial charge in [-0.05, 0) is 36.8 Å². The molecule has 32 heavy (non-hydrogen) atoms. The van der Waals surface area contributed by atoms with E-state index in [0.29, 0.717) is 63.4 Å². The second-order valence-corrected chi connectivity index (χ2v) is 11.4. The van der Waals surface area contributed by atoms with Gasteiger partial charge in [-0.1, -0.05) is 19.3 Å². The molecule has 1 aliphatic carbocycles. The van der Waals surface area contributed by atoms with E-state index in [0.717, 1.165) is 25.4 Å². The third kappa shape index (κ3) is 4.47. The lowest BCUT2D eigenvalue weighted by Crippen LogP contribution is -2.53. The Kier molecular flexibility index (Phi) is 6.31. The summed E-state index contributed by atoms with van der Waals surface area (Å²) >= 11 is 0. The van der Waals surface area contributed by atoms with Gasteiger partial charge in [-0.25, -0.2) is 8.42 Å². The van der Waals surface area contributed by atoms with Crippen LogP contribution in [0.1, 0.15) is 32.1 Å². The number of fused-ring (bicyclic) bond motifs is 2. The first-order chi connectivity index (χ1) is 15.5. The summed E-state index contributed by atoms with van der Waals surface area (Å²) in [4.78, 5) is 17.3. The number of hydrogen-bond acceptors (Lipinski definition) is 6. The largest absolute Gasteiger partial charge is 0.486 e. The third-order valence-corrected chi connectivity index (χ3v) is 9.38. The van der Waals surface area contributed by atoms with E-state index in [1.54, 1.807) is 18.2 Å². The van der Waals surface area contributed by atoms with Crippen LogP contribution in [0.25, 0.3) is 0 Å². The van der Waals surface area contributed by atoms with E-state index in [1.165, 1.54) is 30.0 Å². The number of carbonyl (C=O) groups excluding carboxylic acids is 1. The van der Waals surface area contributed by atoms with Gasteiger partial charge in [0.2, 0.25) is 15.9 Å². The van der Waals surface area contributed by atoms with Crippen molar-refractivity contribution in [1.29, 1.82) is 0 Å². The van der Waals surface area contributed by atoms with Gasteiger partial charge in [0.05, 0.1) is 11.4 Å². The van der Waals surface area contributed by atoms with Gasteiger partial charge in [-0.3, -0.25) is 9.69 Å². The second-order valence-electron chi connectivity index (χ2n) is 9.42. The van der Waals surface area contributed by atoms with Crippen molar-refractivity contribution in [2.24, 2.45) is 11.8 Å². The molecule has 1 amide bonds. The van der Waals surface area contributed by atoms with Gasteiger partial charge in [0.25, 0.3) is 0 Å². The lowest BCUT2D eigenvalue weighted by Gasteiger charge is -2.42. The number of benzene rings is 1. The second kappa shape index (κ2) is 9.19. The minimum absolute atomic E-state index is 0.192. The highest BCUT2D eigenvalue weighted by Crippen LogP contribution is 2.36. The molecule has 1 saturated carbocycles. The molecule has 0 radical (unpaired) electrons. The van der Waals surface area contributed by atoms with Gasteiger partial charge in [-0.2, -0.15) is 4.31 Å². The summed E-state index contributed by atoms with van der Waals surface area (Å²) in [6.45, 7) is 4.95. The molecular formula is C23H33N3O5S. The molecular weight excluding hydrogens is 430 g/mol. The number of ether oxygens (including phenoxy) is 2. The van der Waals surface area contributed by atoms with Crippen molar-refractivity contribution in [3.63, 3.8) is 0 Å². The molecule has 0 aromatic heterocycles. The molecule has 0 bridgehead atoms. The van der Waals surface area contributed by atoms with E-state index in [-0.39, 0.29) is 10.8 Å². The number of amides is 1. The lowest BCUT2D eigenvalue weighted by molar-refractivity contribution is -0.135. The van der Waals surface area contributed by atoms with Gasteiger partial charge in [0.1, 0.15) is 13.2 Å². The van der Waals surface area contributed by atoms with E-state index in [4.69, 9.17) is 9.47 Å². The summed E-state index contributed by atoms with van der Waals surface area (Å²) in [5, 5.41) is 0. The molecule has 3 heterocycles. The molecule has 4 aliphatic rings. The predicted octanol–water partition coefficient (Wildman–Crippen LogP) is 1.80. The van der Waals surface area contributed by atoms with E-state index in [2.05, 4.69) is 4.90 Å². The Hall–Kier alpha value is -1.84. The molecule has 2 atom stereocenters. The van der Waals surface area contributed by atoms with Crippen molar-refractivity contribution < 1.29 is 22.7 Å². The standard InChI is InChI=1S/C23H33N3O5S/c27-23(25-8-7-18-3-1-2-4-19(18)16-25)17-24-9-11-26(12-10-24)32(28,29)20-5-6-21-22(15-20)31-14-13-30-21/h5-6,15,18-19H,1-4,7-14,16-17H2/t18-,19-/m0/s1. The lowest BCUT2D eigenvalue weighted by atomic mass is 9.75. The van der Waals surface area contributed by atoms with Gasteiger partial charge in [0, 0.05) is 45.3 Å². The number of rotatable bonds is 4. The zero-order valence-corrected chi connectivity index (χ0v) is 19.4. The molecule has 3 aliphatic heterocycles. The highest BCUT2D eigenvalue weighted by Gasteiger charge is 2.34. The Bertz CT molecular complexity index is 945. The summed E-state index contributed by atoms with van der Waals surface area (Å²) in [5.74, 6) is 2.73. The first-order valence-corrected chi connectivity index (χ1v) is 13.3. The van der Waals surface area contributed by atoms with Crippen LogP contribution in [0.5, 0.6) is 11.5 Å². The summed E-state index contributed by atoms with van der Waals surface area (Å²) in [6.07, 6.45) is 6.35. The van der Waals surface area contributed by atoms with Crippen molar-refractivity contribution in [3.8, 4) is 11.5 Å². The molecule has 0 spiro atoms. The number of hydrogen-bond donors (Lipinski definition) is 0. The van der Waals surface area contributed by atoms with Crippen LogP contribution in [0.3, 0.4) is 0 Å². The quantitative estimate of drug-likeness (QED) is 0.678. The maximum absolute atomic E-state index is 13.1. The molecule has 8 nitrogen and oxygen atoms in total. The zero-order chi connectivity index (χ0) is 22.1. The fourth-order valence-corrected chi connectivity index (χ4v) is 7.02. The summed E-state index contributed by atoms with van der Waals surface area (Å²) < 4.78 is 38.8. The Balaban J connectivity index is 1.15. The van der Waals surface area contributed by atoms with Crippen LogP contribution in [0, 0.1) is 11.8 Å². The topological polar surface area (TPSA) is 79.4 Å². The van der Waals surface area contributed by atoms with Crippen LogP contribution < -0.4 is 9.47 Å². The van der Waals surface area contributed by atoms with Crippen molar-refractivity contribution >= 4 is 15.9 Å². The van der Waals surface area contributed by atoms with Crippen LogP contribution in [-0.4, -0.2) is 87.5 Å². The van der Waals surface area contributed by atoms with Gasteiger partial charge in [-0.15, -0.1) is 0 Å². The van der Waals surface area contributed by atoms with Crippen LogP contribution in [0.4, 0.5) is 0 Å². The smallest absolute Gasteiger partial charge is 0.243 e. The number of nitrogens with zero attached hydrogens (tertiary/aromatic N) is 3. The monoisotopic (exact) mass is 463 g/mol. The normalized spacial score (nSPS) is 27.1. The van der Waals surface area contributed by atoms with Crippen LogP contribution in [-0.2, 0) is 14.8 Å². The maximum Gasteiger partial charge on any atom is 0.243 e. The fraction of sp³-hybridized carbons (Fsp3) is 0.696. The number of carbonyl (C=O) groups is 1. The average Bonchev–Trinajstić information content (AvgIpc) is 2.83. The molecule has 0 unspecified atom stereocenters. The number of likely N-dealkylation sites (tertiary alicyclic amines) is 1. The molecule has 5 rings (SSSR count). The Labute approximate surface area is 190 Å². The molecule has 1 aromatic carbocycles. The van der Waals surface area contributed by atoms with Gasteiger partial charge < -0.3 is 14.4 Å². The molecule has 176 valence electrons. The summed E-state index contributed by atoms with van der Waals surface area (Å²) in [6, 6.07) is 4.79. The molecule has 3 fully saturated rings. The van der Waals surface area contributed by atoms with Crippen molar-refractivity contribution in [2.45, 2.75) is 37.0 Å². The molecule has 0 N–H and O–H groups in total. The van der Waals surface area contributed by atoms with E-state index in [1.807, 2.05) is 4.90 Å². The number of piperidine rings is 1. The van der Waals surface area contributed by atoms with Crippen molar-refractivity contribution in [2.75, 3.05) is 59.0 Å². The minimum Gasteiger partial charge on any atom is -0.486 e. The molecule has 2 saturated heterocycles. The van der Waals surface area contributed by atoms with E-state index < -0.39 is 10.0 Å². The van der Waals surface area contributed by atoms with Gasteiger partial charge in [0.15, 0.2) is 11.5 Å². The van der Waals surface area contributed by atoms with E-state index in [9.17, 15) is 13.2 Å². The van der Waals surface area contributed by atoms with Crippen molar-refractivity contribution in [1.82, 2.24) is 14.1 Å². The van der Waals surface area contributed by atoms with Crippen molar-refractivity contribution in [3.05, 3.63) is 18.2 Å². The van der Waals surface area contributed by atoms with Crippen LogP contribution in [0.15, 0.2) is 23.1 Å². The summed E-state index contributed by atoms with van der Waals surface area (Å²) in [5.41, 5.74) is 0. The average molecular weight is 464 g/mol. The fourth-order valence-electron chi connectivity index (χ4n) is 5.58. The minimum atomic E-state index is -3.61. The van der Waals surface area contributed by atoms with E-state index >= 15 is 0 Å². The Morgan fingerprint density at radius 2 is 1.62 bits per heavy atom. The first-order valence-electron chi connectivity index (χ1n) is 11.9. The summed E-state index contributed by atoms with van der Waals surface area (Å²) in [7, 11) is -3.61. The number of sulfonamides is 1. The highest BCUT2D eigenvalue weighted by molar-refractivity contribution is 7.89. The highest BCUT2D eigenvalue weighted by atomic mass is 32.2. The Morgan fingerprint density at radius 3 is 2.41 bits per heavy atom. The van der Waals surface area contributed by atoms with Crippen LogP contribution >= 0.6 is 0 Å². The SMILES string of the molecule is O=C(CN1CCN(S(=O)(=O)c2ccc3c(c2)OCCO3)CC1)N1CC[C@@H]2CCCC[C@H]2C1. The third-order valence-electron chi connectivity index (χ3n) is 7.49. The first kappa shape index (κ1) is 22.0. The zero-order valence-electron chi connectivity index (χ0n) is 18.6. The maximum atomic E-state index is 13.1. The Morgan fingerprint density at radius 1 is 0.906 bits per heavy atom. The van der Waals surface area contributed by atoms with Crippen LogP contribution in [0.2, 0.25) is 0 Å².